The lowest BCUT2D eigenvalue weighted by Crippen LogP contribution is -2.48. The predicted octanol–water partition coefficient (Wildman–Crippen LogP) is 3.45. The topological polar surface area (TPSA) is 59.4 Å². The minimum Gasteiger partial charge on any atom is -0.623 e. The number of aromatic nitrogens is 1. The smallest absolute Gasteiger partial charge is 0.290 e. The third-order valence-corrected chi connectivity index (χ3v) is 5.60. The van der Waals surface area contributed by atoms with E-state index in [1.165, 1.54) is 16.9 Å². The Balaban J connectivity index is 1.94. The van der Waals surface area contributed by atoms with Crippen molar-refractivity contribution in [2.45, 2.75) is 45.8 Å². The second kappa shape index (κ2) is 6.83. The minimum absolute atomic E-state index is 0.291. The van der Waals surface area contributed by atoms with Crippen LogP contribution in [0, 0.1) is 5.21 Å². The molecule has 1 saturated heterocycles. The Bertz CT molecular complexity index is 675. The van der Waals surface area contributed by atoms with E-state index < -0.39 is 10.9 Å². The fraction of sp³-hybridized carbons (Fsp3) is 0.588. The Morgan fingerprint density at radius 1 is 1.39 bits per heavy atom. The molecule has 3 rings (SSSR count). The molecule has 1 N–H and O–H groups in total. The van der Waals surface area contributed by atoms with Crippen LogP contribution < -0.4 is 4.65 Å². The summed E-state index contributed by atoms with van der Waals surface area (Å²) in [5.41, 5.74) is 2.15. The number of nitrogens with zero attached hydrogens (tertiary/aromatic N) is 3. The van der Waals surface area contributed by atoms with Crippen molar-refractivity contribution in [3.05, 3.63) is 29.0 Å². The number of fused-ring (bicyclic) bond motifs is 1. The standard InChI is InChI=1S/C17H25N3O2S/c1-3-5-7-13-8-6-9-14-16(13)18-17(23-14)20(22)12-19(10-4-2)11-15(20)21/h6,8-9,15,21H,3-5,7,10-12H2,1-2H3. The summed E-state index contributed by atoms with van der Waals surface area (Å²) in [7, 11) is 0. The average molecular weight is 335 g/mol. The fourth-order valence-corrected chi connectivity index (χ4v) is 4.29. The van der Waals surface area contributed by atoms with Crippen LogP contribution in [0.15, 0.2) is 18.2 Å². The third kappa shape index (κ3) is 3.14. The summed E-state index contributed by atoms with van der Waals surface area (Å²) in [5.74, 6) is 0. The maximum Gasteiger partial charge on any atom is 0.290 e. The SMILES string of the molecule is CCCCc1cccc2sc([N+]3([O-])CN(CCC)CC3O)nc12. The average Bonchev–Trinajstić information content (AvgIpc) is 3.08. The number of benzene rings is 1. The van der Waals surface area contributed by atoms with Gasteiger partial charge in [0.2, 0.25) is 6.23 Å². The van der Waals surface area contributed by atoms with Crippen LogP contribution in [0.2, 0.25) is 0 Å². The van der Waals surface area contributed by atoms with Gasteiger partial charge in [-0.1, -0.05) is 43.7 Å². The molecule has 5 nitrogen and oxygen atoms in total. The molecule has 126 valence electrons. The van der Waals surface area contributed by atoms with Gasteiger partial charge in [-0.05, 0) is 30.9 Å². The van der Waals surface area contributed by atoms with Gasteiger partial charge in [-0.15, -0.1) is 0 Å². The predicted molar refractivity (Wildman–Crippen MR) is 96.1 cm³/mol. The van der Waals surface area contributed by atoms with E-state index in [9.17, 15) is 10.3 Å². The molecule has 23 heavy (non-hydrogen) atoms. The van der Waals surface area contributed by atoms with Gasteiger partial charge in [0.1, 0.15) is 6.67 Å². The number of thiazole rings is 1. The molecule has 1 aromatic carbocycles. The van der Waals surface area contributed by atoms with E-state index >= 15 is 0 Å². The van der Waals surface area contributed by atoms with Crippen LogP contribution in [0.25, 0.3) is 10.2 Å². The van der Waals surface area contributed by atoms with Gasteiger partial charge >= 0.3 is 0 Å². The van der Waals surface area contributed by atoms with Crippen molar-refractivity contribution in [2.24, 2.45) is 0 Å². The number of β-amino-alcohol motifs (C(OH)–C–C–N with tert-alkyl or cyclic N) is 1. The summed E-state index contributed by atoms with van der Waals surface area (Å²) < 4.78 is 0.315. The Morgan fingerprint density at radius 3 is 2.96 bits per heavy atom. The summed E-state index contributed by atoms with van der Waals surface area (Å²) >= 11 is 1.43. The number of hydrogen-bond acceptors (Lipinski definition) is 5. The van der Waals surface area contributed by atoms with Crippen LogP contribution >= 0.6 is 11.3 Å². The number of aryl methyl sites for hydroxylation is 1. The molecule has 0 amide bonds. The van der Waals surface area contributed by atoms with Crippen molar-refractivity contribution in [2.75, 3.05) is 19.8 Å². The van der Waals surface area contributed by atoms with Crippen LogP contribution in [0.3, 0.4) is 0 Å². The van der Waals surface area contributed by atoms with E-state index in [-0.39, 0.29) is 0 Å². The maximum atomic E-state index is 13.2. The lowest BCUT2D eigenvalue weighted by Gasteiger charge is -2.37. The molecule has 1 aliphatic heterocycles. The van der Waals surface area contributed by atoms with Gasteiger partial charge in [0.25, 0.3) is 5.13 Å². The highest BCUT2D eigenvalue weighted by molar-refractivity contribution is 7.22. The zero-order valence-corrected chi connectivity index (χ0v) is 14.7. The molecular weight excluding hydrogens is 310 g/mol. The van der Waals surface area contributed by atoms with E-state index in [0.29, 0.717) is 18.3 Å². The maximum absolute atomic E-state index is 13.2. The normalized spacial score (nSPS) is 25.5. The summed E-state index contributed by atoms with van der Waals surface area (Å²) in [6, 6.07) is 6.15. The van der Waals surface area contributed by atoms with Crippen molar-refractivity contribution < 1.29 is 5.11 Å². The molecule has 2 atom stereocenters. The van der Waals surface area contributed by atoms with Gasteiger partial charge in [0, 0.05) is 6.54 Å². The number of aliphatic hydroxyl groups is 1. The number of unbranched alkanes of at least 4 members (excludes halogenated alkanes) is 1. The molecule has 0 aliphatic carbocycles. The second-order valence-electron chi connectivity index (χ2n) is 6.36. The van der Waals surface area contributed by atoms with Gasteiger partial charge < -0.3 is 10.3 Å². The summed E-state index contributed by atoms with van der Waals surface area (Å²) in [4.78, 5) is 6.69. The first-order chi connectivity index (χ1) is 11.1. The highest BCUT2D eigenvalue weighted by Gasteiger charge is 2.42. The number of para-hydroxylation sites is 1. The van der Waals surface area contributed by atoms with Crippen LogP contribution in [0.4, 0.5) is 5.13 Å². The van der Waals surface area contributed by atoms with E-state index in [1.54, 1.807) is 0 Å². The van der Waals surface area contributed by atoms with E-state index in [1.807, 2.05) is 17.0 Å². The number of quaternary nitrogens is 1. The van der Waals surface area contributed by atoms with Gasteiger partial charge in [-0.25, -0.2) is 4.90 Å². The molecule has 0 bridgehead atoms. The quantitative estimate of drug-likeness (QED) is 0.649. The molecule has 0 spiro atoms. The highest BCUT2D eigenvalue weighted by Crippen LogP contribution is 2.38. The molecule has 6 heteroatoms. The van der Waals surface area contributed by atoms with Crippen LogP contribution in [0.5, 0.6) is 0 Å². The van der Waals surface area contributed by atoms with Crippen LogP contribution in [-0.4, -0.2) is 41.0 Å². The molecule has 2 aromatic rings. The molecule has 2 heterocycles. The van der Waals surface area contributed by atoms with Gasteiger partial charge in [-0.2, -0.15) is 4.98 Å². The van der Waals surface area contributed by atoms with Crippen LogP contribution in [-0.2, 0) is 6.42 Å². The van der Waals surface area contributed by atoms with Crippen molar-refractivity contribution in [3.8, 4) is 0 Å². The number of hydroxylamine groups is 2. The molecule has 2 unspecified atom stereocenters. The second-order valence-corrected chi connectivity index (χ2v) is 7.37. The largest absolute Gasteiger partial charge is 0.623 e. The lowest BCUT2D eigenvalue weighted by molar-refractivity contribution is 0.0848. The minimum atomic E-state index is -0.943. The monoisotopic (exact) mass is 335 g/mol. The molecule has 0 saturated carbocycles. The Kier molecular flexibility index (Phi) is 4.98. The van der Waals surface area contributed by atoms with Crippen molar-refractivity contribution in [3.63, 3.8) is 0 Å². The Morgan fingerprint density at radius 2 is 2.22 bits per heavy atom. The number of rotatable bonds is 6. The van der Waals surface area contributed by atoms with Crippen molar-refractivity contribution >= 4 is 26.7 Å². The molecular formula is C17H25N3O2S. The first kappa shape index (κ1) is 16.8. The molecule has 0 radical (unpaired) electrons. The first-order valence-electron chi connectivity index (χ1n) is 8.46. The van der Waals surface area contributed by atoms with E-state index in [2.05, 4.69) is 24.9 Å². The Hall–Kier alpha value is -1.05. The fourth-order valence-electron chi connectivity index (χ4n) is 3.20. The van der Waals surface area contributed by atoms with E-state index in [4.69, 9.17) is 0 Å². The third-order valence-electron chi connectivity index (χ3n) is 4.47. The Labute approximate surface area is 141 Å². The zero-order valence-electron chi connectivity index (χ0n) is 13.9. The summed E-state index contributed by atoms with van der Waals surface area (Å²) in [6.07, 6.45) is 3.28. The first-order valence-corrected chi connectivity index (χ1v) is 9.28. The van der Waals surface area contributed by atoms with E-state index in [0.717, 1.165) is 42.4 Å². The van der Waals surface area contributed by atoms with Gasteiger partial charge in [-0.3, -0.25) is 4.65 Å². The van der Waals surface area contributed by atoms with Gasteiger partial charge in [0.05, 0.1) is 16.8 Å². The highest BCUT2D eigenvalue weighted by atomic mass is 32.1. The van der Waals surface area contributed by atoms with Gasteiger partial charge in [0.15, 0.2) is 0 Å². The summed E-state index contributed by atoms with van der Waals surface area (Å²) in [5, 5.41) is 24.0. The number of hydrogen-bond donors (Lipinski definition) is 1. The van der Waals surface area contributed by atoms with Crippen LogP contribution in [0.1, 0.15) is 38.7 Å². The number of aliphatic hydroxyl groups excluding tert-OH is 1. The zero-order chi connectivity index (χ0) is 16.4. The summed E-state index contributed by atoms with van der Waals surface area (Å²) in [6.45, 7) is 5.82. The molecule has 1 fully saturated rings. The van der Waals surface area contributed by atoms with Crippen molar-refractivity contribution in [1.29, 1.82) is 0 Å². The lowest BCUT2D eigenvalue weighted by atomic mass is 10.1. The molecule has 1 aliphatic rings. The van der Waals surface area contributed by atoms with Crippen molar-refractivity contribution in [1.82, 2.24) is 14.5 Å². The molecule has 1 aromatic heterocycles.